The quantitative estimate of drug-likeness (QED) is 0.322. The highest BCUT2D eigenvalue weighted by Gasteiger charge is 2.31. The third-order valence-corrected chi connectivity index (χ3v) is 4.04. The average molecular weight is 433 g/mol. The lowest BCUT2D eigenvalue weighted by Gasteiger charge is -2.20. The molecule has 1 heterocycles. The van der Waals surface area contributed by atoms with Crippen molar-refractivity contribution in [3.8, 4) is 11.5 Å². The van der Waals surface area contributed by atoms with Crippen LogP contribution in [0.25, 0.3) is 10.4 Å². The SMILES string of the molecule is COc1cc(C(=O)N=[N+]=[N-])ccc1NC(c1ccc(OC(F)(F)F)cc1)c1ncn[nH]1. The molecule has 0 bridgehead atoms. The Kier molecular flexibility index (Phi) is 6.26. The first-order valence-corrected chi connectivity index (χ1v) is 8.55. The first-order valence-electron chi connectivity index (χ1n) is 8.55. The van der Waals surface area contributed by atoms with Gasteiger partial charge in [0.1, 0.15) is 23.9 Å². The summed E-state index contributed by atoms with van der Waals surface area (Å²) in [4.78, 5) is 18.3. The largest absolute Gasteiger partial charge is 0.573 e. The molecule has 2 N–H and O–H groups in total. The first kappa shape index (κ1) is 21.5. The summed E-state index contributed by atoms with van der Waals surface area (Å²) < 4.78 is 46.4. The van der Waals surface area contributed by atoms with E-state index in [9.17, 15) is 18.0 Å². The summed E-state index contributed by atoms with van der Waals surface area (Å²) in [5.74, 6) is -0.508. The van der Waals surface area contributed by atoms with Gasteiger partial charge in [-0.25, -0.2) is 4.98 Å². The van der Waals surface area contributed by atoms with Crippen molar-refractivity contribution >= 4 is 11.6 Å². The Morgan fingerprint density at radius 2 is 2.00 bits per heavy atom. The van der Waals surface area contributed by atoms with E-state index in [1.807, 2.05) is 0 Å². The number of anilines is 1. The number of azide groups is 1. The topological polar surface area (TPSA) is 138 Å². The predicted molar refractivity (Wildman–Crippen MR) is 101 cm³/mol. The van der Waals surface area contributed by atoms with Gasteiger partial charge < -0.3 is 14.8 Å². The molecule has 0 aliphatic rings. The lowest BCUT2D eigenvalue weighted by molar-refractivity contribution is -0.274. The number of benzene rings is 2. The number of amides is 1. The van der Waals surface area contributed by atoms with Crippen LogP contribution in [0.3, 0.4) is 0 Å². The van der Waals surface area contributed by atoms with Crippen LogP contribution in [0.5, 0.6) is 11.5 Å². The second-order valence-corrected chi connectivity index (χ2v) is 5.97. The Morgan fingerprint density at radius 3 is 2.58 bits per heavy atom. The maximum atomic E-state index is 12.4. The van der Waals surface area contributed by atoms with Crippen molar-refractivity contribution in [2.24, 2.45) is 5.11 Å². The fraction of sp³-hybridized carbons (Fsp3) is 0.167. The summed E-state index contributed by atoms with van der Waals surface area (Å²) in [6.07, 6.45) is -3.52. The van der Waals surface area contributed by atoms with E-state index in [-0.39, 0.29) is 17.1 Å². The summed E-state index contributed by atoms with van der Waals surface area (Å²) in [7, 11) is 1.38. The third kappa shape index (κ3) is 5.42. The van der Waals surface area contributed by atoms with Crippen LogP contribution in [-0.2, 0) is 0 Å². The monoisotopic (exact) mass is 433 g/mol. The highest BCUT2D eigenvalue weighted by molar-refractivity contribution is 5.95. The number of aromatic amines is 1. The van der Waals surface area contributed by atoms with Crippen LogP contribution in [0.2, 0.25) is 0 Å². The van der Waals surface area contributed by atoms with Gasteiger partial charge in [-0.3, -0.25) is 9.89 Å². The molecule has 0 fully saturated rings. The number of methoxy groups -OCH3 is 1. The summed E-state index contributed by atoms with van der Waals surface area (Å²) in [6.45, 7) is 0. The van der Waals surface area contributed by atoms with Crippen LogP contribution in [0, 0.1) is 0 Å². The van der Waals surface area contributed by atoms with Crippen molar-refractivity contribution in [1.82, 2.24) is 15.2 Å². The maximum Gasteiger partial charge on any atom is 0.573 e. The number of halogens is 3. The number of ether oxygens (including phenoxy) is 2. The van der Waals surface area contributed by atoms with E-state index in [1.165, 1.54) is 55.9 Å². The van der Waals surface area contributed by atoms with Crippen molar-refractivity contribution < 1.29 is 27.4 Å². The molecule has 1 aromatic heterocycles. The van der Waals surface area contributed by atoms with Crippen molar-refractivity contribution in [2.45, 2.75) is 12.4 Å². The van der Waals surface area contributed by atoms with E-state index in [4.69, 9.17) is 10.3 Å². The number of rotatable bonds is 7. The lowest BCUT2D eigenvalue weighted by atomic mass is 10.0. The summed E-state index contributed by atoms with van der Waals surface area (Å²) >= 11 is 0. The Labute approximate surface area is 172 Å². The standard InChI is InChI=1S/C18H14F3N7O3/c1-30-14-8-11(17(29)27-28-22)4-7-13(14)25-15(16-23-9-24-26-16)10-2-5-12(6-3-10)31-18(19,20)21/h2-9,15,25H,1H3,(H,23,24,26). The van der Waals surface area contributed by atoms with Gasteiger partial charge in [0.2, 0.25) is 5.91 Å². The minimum atomic E-state index is -4.80. The summed E-state index contributed by atoms with van der Waals surface area (Å²) in [6, 6.07) is 8.91. The molecule has 1 unspecified atom stereocenters. The van der Waals surface area contributed by atoms with E-state index in [2.05, 4.69) is 35.3 Å². The van der Waals surface area contributed by atoms with Crippen molar-refractivity contribution in [1.29, 1.82) is 0 Å². The molecule has 2 aromatic carbocycles. The fourth-order valence-electron chi connectivity index (χ4n) is 2.72. The molecule has 0 aliphatic carbocycles. The molecule has 160 valence electrons. The minimum Gasteiger partial charge on any atom is -0.495 e. The number of hydrogen-bond acceptors (Lipinski definition) is 6. The van der Waals surface area contributed by atoms with Gasteiger partial charge in [-0.1, -0.05) is 12.1 Å². The van der Waals surface area contributed by atoms with Gasteiger partial charge in [0.05, 0.1) is 12.8 Å². The molecule has 1 amide bonds. The third-order valence-electron chi connectivity index (χ3n) is 4.04. The summed E-state index contributed by atoms with van der Waals surface area (Å²) in [5.41, 5.74) is 9.52. The van der Waals surface area contributed by atoms with Gasteiger partial charge in [0, 0.05) is 10.5 Å². The number of alkyl halides is 3. The second-order valence-electron chi connectivity index (χ2n) is 5.97. The molecule has 10 nitrogen and oxygen atoms in total. The van der Waals surface area contributed by atoms with Crippen LogP contribution in [0.4, 0.5) is 18.9 Å². The summed E-state index contributed by atoms with van der Waals surface area (Å²) in [5, 5.41) is 12.7. The Morgan fingerprint density at radius 1 is 1.26 bits per heavy atom. The van der Waals surface area contributed by atoms with E-state index >= 15 is 0 Å². The zero-order valence-electron chi connectivity index (χ0n) is 15.8. The van der Waals surface area contributed by atoms with Gasteiger partial charge in [0.15, 0.2) is 5.82 Å². The molecule has 0 saturated heterocycles. The Bertz CT molecular complexity index is 1100. The Hall–Kier alpha value is -4.25. The lowest BCUT2D eigenvalue weighted by Crippen LogP contribution is -2.17. The van der Waals surface area contributed by atoms with E-state index < -0.39 is 18.3 Å². The van der Waals surface area contributed by atoms with E-state index in [0.29, 0.717) is 17.1 Å². The highest BCUT2D eigenvalue weighted by atomic mass is 19.4. The fourth-order valence-corrected chi connectivity index (χ4v) is 2.72. The van der Waals surface area contributed by atoms with Crippen molar-refractivity contribution in [3.63, 3.8) is 0 Å². The second kappa shape index (κ2) is 9.05. The van der Waals surface area contributed by atoms with Gasteiger partial charge in [-0.15, -0.1) is 13.2 Å². The minimum absolute atomic E-state index is 0.116. The molecular formula is C18H14F3N7O3. The smallest absolute Gasteiger partial charge is 0.495 e. The number of carbonyl (C=O) groups is 1. The molecule has 31 heavy (non-hydrogen) atoms. The highest BCUT2D eigenvalue weighted by Crippen LogP contribution is 2.33. The van der Waals surface area contributed by atoms with E-state index in [0.717, 1.165) is 0 Å². The number of hydrogen-bond donors (Lipinski definition) is 2. The van der Waals surface area contributed by atoms with Crippen LogP contribution in [-0.4, -0.2) is 34.6 Å². The van der Waals surface area contributed by atoms with Crippen LogP contribution in [0.15, 0.2) is 53.9 Å². The number of aromatic nitrogens is 3. The normalized spacial score (nSPS) is 11.9. The van der Waals surface area contributed by atoms with Gasteiger partial charge in [-0.2, -0.15) is 5.10 Å². The van der Waals surface area contributed by atoms with Crippen molar-refractivity contribution in [2.75, 3.05) is 12.4 Å². The Balaban J connectivity index is 1.93. The zero-order chi connectivity index (χ0) is 22.4. The molecular weight excluding hydrogens is 419 g/mol. The number of H-pyrrole nitrogens is 1. The molecule has 1 atom stereocenters. The molecule has 0 saturated carbocycles. The van der Waals surface area contributed by atoms with Crippen LogP contribution < -0.4 is 14.8 Å². The number of nitrogens with one attached hydrogen (secondary N) is 2. The van der Waals surface area contributed by atoms with Gasteiger partial charge in [-0.05, 0) is 46.5 Å². The van der Waals surface area contributed by atoms with Gasteiger partial charge >= 0.3 is 6.36 Å². The number of nitrogens with zero attached hydrogens (tertiary/aromatic N) is 5. The molecule has 0 aliphatic heterocycles. The molecule has 3 rings (SSSR count). The molecule has 0 spiro atoms. The van der Waals surface area contributed by atoms with Gasteiger partial charge in [0.25, 0.3) is 0 Å². The number of carbonyl (C=O) groups excluding carboxylic acids is 1. The average Bonchev–Trinajstić information content (AvgIpc) is 3.26. The molecule has 3 aromatic rings. The maximum absolute atomic E-state index is 12.4. The van der Waals surface area contributed by atoms with E-state index in [1.54, 1.807) is 0 Å². The predicted octanol–water partition coefficient (Wildman–Crippen LogP) is 4.36. The molecule has 0 radical (unpaired) electrons. The van der Waals surface area contributed by atoms with Crippen LogP contribution >= 0.6 is 0 Å². The molecule has 13 heteroatoms. The van der Waals surface area contributed by atoms with Crippen molar-refractivity contribution in [3.05, 3.63) is 76.2 Å². The first-order chi connectivity index (χ1) is 14.8. The van der Waals surface area contributed by atoms with Crippen LogP contribution in [0.1, 0.15) is 27.8 Å². The zero-order valence-corrected chi connectivity index (χ0v) is 15.8.